The molecule has 2 aromatic rings. The van der Waals surface area contributed by atoms with Crippen molar-refractivity contribution in [3.63, 3.8) is 0 Å². The molecule has 0 unspecified atom stereocenters. The standard InChI is InChI=1S/C20H21NO5/c1-24-16-9-8-15(12-17(16)25-2)21-18(22)13-26-19(23)20(10-11-20)14-6-4-3-5-7-14/h3-9,12H,10-11,13H2,1-2H3,(H,21,22). The lowest BCUT2D eigenvalue weighted by Crippen LogP contribution is -2.28. The van der Waals surface area contributed by atoms with Gasteiger partial charge in [-0.1, -0.05) is 30.3 Å². The third-order valence-corrected chi connectivity index (χ3v) is 4.47. The molecule has 1 N–H and O–H groups in total. The van der Waals surface area contributed by atoms with Gasteiger partial charge in [-0.2, -0.15) is 0 Å². The minimum atomic E-state index is -0.592. The van der Waals surface area contributed by atoms with Gasteiger partial charge in [-0.25, -0.2) is 0 Å². The number of esters is 1. The molecule has 0 aliphatic heterocycles. The molecular weight excluding hydrogens is 334 g/mol. The summed E-state index contributed by atoms with van der Waals surface area (Å²) in [5, 5.41) is 2.68. The first-order chi connectivity index (χ1) is 12.6. The van der Waals surface area contributed by atoms with Crippen LogP contribution in [0.2, 0.25) is 0 Å². The maximum Gasteiger partial charge on any atom is 0.317 e. The Bertz CT molecular complexity index is 799. The van der Waals surface area contributed by atoms with Gasteiger partial charge < -0.3 is 19.5 Å². The smallest absolute Gasteiger partial charge is 0.317 e. The molecule has 136 valence electrons. The van der Waals surface area contributed by atoms with Gasteiger partial charge in [0.15, 0.2) is 18.1 Å². The Morgan fingerprint density at radius 3 is 2.31 bits per heavy atom. The topological polar surface area (TPSA) is 73.9 Å². The van der Waals surface area contributed by atoms with Crippen LogP contribution in [0.4, 0.5) is 5.69 Å². The van der Waals surface area contributed by atoms with E-state index in [1.54, 1.807) is 18.2 Å². The molecule has 0 spiro atoms. The Hall–Kier alpha value is -3.02. The minimum absolute atomic E-state index is 0.332. The molecule has 0 heterocycles. The predicted molar refractivity (Wildman–Crippen MR) is 96.5 cm³/mol. The molecule has 0 bridgehead atoms. The van der Waals surface area contributed by atoms with E-state index < -0.39 is 11.3 Å². The molecule has 1 saturated carbocycles. The lowest BCUT2D eigenvalue weighted by molar-refractivity contribution is -0.150. The van der Waals surface area contributed by atoms with Crippen molar-refractivity contribution in [3.8, 4) is 11.5 Å². The number of hydrogen-bond acceptors (Lipinski definition) is 5. The second-order valence-corrected chi connectivity index (χ2v) is 6.14. The number of carbonyl (C=O) groups excluding carboxylic acids is 2. The molecule has 0 saturated heterocycles. The van der Waals surface area contributed by atoms with Gasteiger partial charge in [0.05, 0.1) is 19.6 Å². The van der Waals surface area contributed by atoms with Crippen molar-refractivity contribution >= 4 is 17.6 Å². The van der Waals surface area contributed by atoms with Crippen LogP contribution in [0.15, 0.2) is 48.5 Å². The van der Waals surface area contributed by atoms with Gasteiger partial charge in [0.2, 0.25) is 0 Å². The van der Waals surface area contributed by atoms with E-state index >= 15 is 0 Å². The van der Waals surface area contributed by atoms with Gasteiger partial charge >= 0.3 is 5.97 Å². The molecule has 1 fully saturated rings. The van der Waals surface area contributed by atoms with Crippen molar-refractivity contribution in [2.75, 3.05) is 26.1 Å². The van der Waals surface area contributed by atoms with E-state index in [0.29, 0.717) is 17.2 Å². The Morgan fingerprint density at radius 2 is 1.69 bits per heavy atom. The minimum Gasteiger partial charge on any atom is -0.493 e. The van der Waals surface area contributed by atoms with Crippen LogP contribution in [0.5, 0.6) is 11.5 Å². The summed E-state index contributed by atoms with van der Waals surface area (Å²) in [5.41, 5.74) is 0.878. The number of rotatable bonds is 7. The fourth-order valence-electron chi connectivity index (χ4n) is 2.87. The van der Waals surface area contributed by atoms with E-state index in [2.05, 4.69) is 5.32 Å². The lowest BCUT2D eigenvalue weighted by atomic mass is 9.96. The molecule has 26 heavy (non-hydrogen) atoms. The summed E-state index contributed by atoms with van der Waals surface area (Å²) in [4.78, 5) is 24.5. The summed E-state index contributed by atoms with van der Waals surface area (Å²) in [7, 11) is 3.06. The summed E-state index contributed by atoms with van der Waals surface area (Å²) in [6, 6.07) is 14.5. The van der Waals surface area contributed by atoms with Gasteiger partial charge in [-0.15, -0.1) is 0 Å². The zero-order valence-corrected chi connectivity index (χ0v) is 14.8. The van der Waals surface area contributed by atoms with Crippen LogP contribution in [0, 0.1) is 0 Å². The fraction of sp³-hybridized carbons (Fsp3) is 0.300. The summed E-state index contributed by atoms with van der Waals surface area (Å²) in [6.45, 7) is -0.332. The number of nitrogens with one attached hydrogen (secondary N) is 1. The predicted octanol–water partition coefficient (Wildman–Crippen LogP) is 2.92. The molecule has 1 aliphatic rings. The number of ether oxygens (including phenoxy) is 3. The van der Waals surface area contributed by atoms with Crippen LogP contribution in [0.1, 0.15) is 18.4 Å². The van der Waals surface area contributed by atoms with Gasteiger partial charge in [0.1, 0.15) is 0 Å². The summed E-state index contributed by atoms with van der Waals surface area (Å²) < 4.78 is 15.6. The molecule has 6 nitrogen and oxygen atoms in total. The first kappa shape index (κ1) is 17.8. The summed E-state index contributed by atoms with van der Waals surface area (Å²) in [6.07, 6.45) is 1.49. The monoisotopic (exact) mass is 355 g/mol. The van der Waals surface area contributed by atoms with E-state index in [9.17, 15) is 9.59 Å². The third kappa shape index (κ3) is 3.64. The van der Waals surface area contributed by atoms with Crippen molar-refractivity contribution in [2.24, 2.45) is 0 Å². The van der Waals surface area contributed by atoms with Crippen LogP contribution in [-0.4, -0.2) is 32.7 Å². The zero-order chi connectivity index (χ0) is 18.6. The second kappa shape index (κ2) is 7.47. The molecule has 0 atom stereocenters. The average Bonchev–Trinajstić information content (AvgIpc) is 3.48. The number of anilines is 1. The molecule has 0 aromatic heterocycles. The first-order valence-corrected chi connectivity index (χ1v) is 8.34. The largest absolute Gasteiger partial charge is 0.493 e. The SMILES string of the molecule is COc1ccc(NC(=O)COC(=O)C2(c3ccccc3)CC2)cc1OC. The van der Waals surface area contributed by atoms with Crippen molar-refractivity contribution in [3.05, 3.63) is 54.1 Å². The number of methoxy groups -OCH3 is 2. The normalized spacial score (nSPS) is 14.2. The van der Waals surface area contributed by atoms with Crippen molar-refractivity contribution in [2.45, 2.75) is 18.3 Å². The summed E-state index contributed by atoms with van der Waals surface area (Å²) in [5.74, 6) is 0.305. The third-order valence-electron chi connectivity index (χ3n) is 4.47. The van der Waals surface area contributed by atoms with Crippen molar-refractivity contribution < 1.29 is 23.8 Å². The Morgan fingerprint density at radius 1 is 1.00 bits per heavy atom. The highest BCUT2D eigenvalue weighted by molar-refractivity contribution is 5.94. The van der Waals surface area contributed by atoms with E-state index in [4.69, 9.17) is 14.2 Å². The van der Waals surface area contributed by atoms with E-state index in [1.807, 2.05) is 30.3 Å². The molecule has 6 heteroatoms. The van der Waals surface area contributed by atoms with Crippen LogP contribution in [0.3, 0.4) is 0 Å². The molecule has 1 amide bonds. The molecule has 0 radical (unpaired) electrons. The highest BCUT2D eigenvalue weighted by Crippen LogP contribution is 2.49. The van der Waals surface area contributed by atoms with Crippen molar-refractivity contribution in [1.29, 1.82) is 0 Å². The van der Waals surface area contributed by atoms with Gasteiger partial charge in [-0.05, 0) is 30.5 Å². The van der Waals surface area contributed by atoms with E-state index in [0.717, 1.165) is 18.4 Å². The second-order valence-electron chi connectivity index (χ2n) is 6.14. The highest BCUT2D eigenvalue weighted by atomic mass is 16.5. The number of carbonyl (C=O) groups is 2. The average molecular weight is 355 g/mol. The summed E-state index contributed by atoms with van der Waals surface area (Å²) >= 11 is 0. The van der Waals surface area contributed by atoms with Crippen molar-refractivity contribution in [1.82, 2.24) is 0 Å². The number of amides is 1. The van der Waals surface area contributed by atoms with Crippen LogP contribution in [0.25, 0.3) is 0 Å². The van der Waals surface area contributed by atoms with Gasteiger partial charge in [0, 0.05) is 11.8 Å². The Balaban J connectivity index is 1.57. The molecular formula is C20H21NO5. The van der Waals surface area contributed by atoms with E-state index in [1.165, 1.54) is 14.2 Å². The highest BCUT2D eigenvalue weighted by Gasteiger charge is 2.52. The molecule has 1 aliphatic carbocycles. The van der Waals surface area contributed by atoms with Crippen LogP contribution >= 0.6 is 0 Å². The van der Waals surface area contributed by atoms with Crippen LogP contribution < -0.4 is 14.8 Å². The Labute approximate surface area is 152 Å². The van der Waals surface area contributed by atoms with Crippen LogP contribution in [-0.2, 0) is 19.7 Å². The maximum absolute atomic E-state index is 12.4. The lowest BCUT2D eigenvalue weighted by Gasteiger charge is -2.15. The maximum atomic E-state index is 12.4. The zero-order valence-electron chi connectivity index (χ0n) is 14.8. The number of benzene rings is 2. The van der Waals surface area contributed by atoms with Gasteiger partial charge in [-0.3, -0.25) is 9.59 Å². The quantitative estimate of drug-likeness (QED) is 0.773. The first-order valence-electron chi connectivity index (χ1n) is 8.34. The molecule has 2 aromatic carbocycles. The fourth-order valence-corrected chi connectivity index (χ4v) is 2.87. The Kier molecular flexibility index (Phi) is 5.11. The number of hydrogen-bond donors (Lipinski definition) is 1. The van der Waals surface area contributed by atoms with Gasteiger partial charge in [0.25, 0.3) is 5.91 Å². The molecule has 3 rings (SSSR count). The van der Waals surface area contributed by atoms with E-state index in [-0.39, 0.29) is 12.6 Å².